The lowest BCUT2D eigenvalue weighted by atomic mass is 10.1. The molecule has 0 unspecified atom stereocenters. The van der Waals surface area contributed by atoms with Gasteiger partial charge >= 0.3 is 6.09 Å². The first-order valence-corrected chi connectivity index (χ1v) is 12.0. The molecule has 0 saturated carbocycles. The summed E-state index contributed by atoms with van der Waals surface area (Å²) in [6.07, 6.45) is 0.802. The first kappa shape index (κ1) is 26.4. The van der Waals surface area contributed by atoms with Crippen molar-refractivity contribution in [3.8, 4) is 17.0 Å². The molecule has 190 valence electrons. The van der Waals surface area contributed by atoms with Crippen LogP contribution in [0.5, 0.6) is 5.75 Å². The number of para-hydroxylation sites is 1. The van der Waals surface area contributed by atoms with Gasteiger partial charge in [-0.1, -0.05) is 24.3 Å². The number of benzene rings is 2. The number of rotatable bonds is 7. The normalized spacial score (nSPS) is 11.1. The lowest BCUT2D eigenvalue weighted by Gasteiger charge is -2.20. The number of nitrogens with two attached hydrogens (primary N) is 1. The van der Waals surface area contributed by atoms with E-state index in [9.17, 15) is 18.0 Å². The summed E-state index contributed by atoms with van der Waals surface area (Å²) in [5, 5.41) is 5.37. The van der Waals surface area contributed by atoms with Gasteiger partial charge in [0, 0.05) is 17.7 Å². The number of amides is 2. The summed E-state index contributed by atoms with van der Waals surface area (Å²) >= 11 is 0. The number of ether oxygens (including phenoxy) is 2. The molecule has 2 aromatic carbocycles. The van der Waals surface area contributed by atoms with Crippen LogP contribution in [0.2, 0.25) is 0 Å². The fourth-order valence-electron chi connectivity index (χ4n) is 3.19. The highest BCUT2D eigenvalue weighted by atomic mass is 32.2. The van der Waals surface area contributed by atoms with E-state index in [2.05, 4.69) is 20.6 Å². The number of aromatic nitrogens is 2. The quantitative estimate of drug-likeness (QED) is 0.348. The first-order chi connectivity index (χ1) is 17.0. The van der Waals surface area contributed by atoms with Crippen LogP contribution in [0.15, 0.2) is 53.6 Å². The molecule has 0 aliphatic rings. The summed E-state index contributed by atoms with van der Waals surface area (Å²) in [6, 6.07) is 11.0. The zero-order chi connectivity index (χ0) is 26.5. The molecule has 2 amide bonds. The number of alkyl carbamates (subject to hydrolysis) is 1. The van der Waals surface area contributed by atoms with E-state index in [4.69, 9.17) is 15.2 Å². The summed E-state index contributed by atoms with van der Waals surface area (Å²) < 4.78 is 33.0. The smallest absolute Gasteiger partial charge is 0.407 e. The number of carbonyl (C=O) groups excluding carboxylic acids is 2. The predicted octanol–water partition coefficient (Wildman–Crippen LogP) is 2.98. The van der Waals surface area contributed by atoms with E-state index in [0.717, 1.165) is 0 Å². The third-order valence-corrected chi connectivity index (χ3v) is 5.48. The Morgan fingerprint density at radius 1 is 1.08 bits per heavy atom. The monoisotopic (exact) mass is 513 g/mol. The van der Waals surface area contributed by atoms with Crippen molar-refractivity contribution in [2.75, 3.05) is 18.2 Å². The number of carbonyl (C=O) groups is 2. The molecular weight excluding hydrogens is 486 g/mol. The van der Waals surface area contributed by atoms with Crippen molar-refractivity contribution >= 4 is 34.2 Å². The van der Waals surface area contributed by atoms with Gasteiger partial charge in [-0.2, -0.15) is 0 Å². The summed E-state index contributed by atoms with van der Waals surface area (Å²) in [4.78, 5) is 33.6. The van der Waals surface area contributed by atoms with Crippen molar-refractivity contribution in [2.45, 2.75) is 37.8 Å². The second-order valence-electron chi connectivity index (χ2n) is 8.60. The maximum atomic E-state index is 13.0. The Labute approximate surface area is 210 Å². The van der Waals surface area contributed by atoms with Crippen molar-refractivity contribution in [1.29, 1.82) is 0 Å². The van der Waals surface area contributed by atoms with Crippen molar-refractivity contribution in [3.63, 3.8) is 0 Å². The van der Waals surface area contributed by atoms with Crippen LogP contribution < -0.4 is 21.1 Å². The van der Waals surface area contributed by atoms with Gasteiger partial charge in [-0.3, -0.25) is 4.79 Å². The zero-order valence-electron chi connectivity index (χ0n) is 20.2. The Bertz CT molecular complexity index is 1340. The van der Waals surface area contributed by atoms with Crippen molar-refractivity contribution in [3.05, 3.63) is 59.9 Å². The van der Waals surface area contributed by atoms with Crippen LogP contribution in [0.4, 0.5) is 16.3 Å². The van der Waals surface area contributed by atoms with Gasteiger partial charge in [0.05, 0.1) is 29.6 Å². The molecule has 0 aliphatic heterocycles. The van der Waals surface area contributed by atoms with Crippen LogP contribution in [-0.4, -0.2) is 43.1 Å². The SMILES string of the molecule is COc1c(CNC(=O)OC(C)(C)C)cccc1NC(=O)c1nc(-c2ccc([SH](=O)=O)cc2)cnc1N. The van der Waals surface area contributed by atoms with Gasteiger partial charge in [-0.15, -0.1) is 0 Å². The fraction of sp³-hybridized carbons (Fsp3) is 0.250. The van der Waals surface area contributed by atoms with Crippen LogP contribution in [0, 0.1) is 0 Å². The average molecular weight is 514 g/mol. The lowest BCUT2D eigenvalue weighted by Crippen LogP contribution is -2.32. The first-order valence-electron chi connectivity index (χ1n) is 10.8. The Hall–Kier alpha value is -4.19. The minimum Gasteiger partial charge on any atom is -0.494 e. The molecule has 36 heavy (non-hydrogen) atoms. The highest BCUT2D eigenvalue weighted by molar-refractivity contribution is 7.72. The molecule has 0 spiro atoms. The maximum Gasteiger partial charge on any atom is 0.407 e. The molecule has 0 atom stereocenters. The molecule has 0 aliphatic carbocycles. The van der Waals surface area contributed by atoms with Gasteiger partial charge in [0.15, 0.2) is 22.2 Å². The van der Waals surface area contributed by atoms with E-state index in [1.54, 1.807) is 51.1 Å². The minimum atomic E-state index is -2.71. The number of nitrogens with zero attached hydrogens (tertiary/aromatic N) is 2. The van der Waals surface area contributed by atoms with Gasteiger partial charge in [-0.05, 0) is 39.0 Å². The molecule has 12 heteroatoms. The number of methoxy groups -OCH3 is 1. The highest BCUT2D eigenvalue weighted by Gasteiger charge is 2.20. The maximum absolute atomic E-state index is 13.0. The highest BCUT2D eigenvalue weighted by Crippen LogP contribution is 2.30. The third kappa shape index (κ3) is 6.69. The molecule has 1 heterocycles. The summed E-state index contributed by atoms with van der Waals surface area (Å²) in [5.74, 6) is -0.374. The molecule has 11 nitrogen and oxygen atoms in total. The predicted molar refractivity (Wildman–Crippen MR) is 134 cm³/mol. The average Bonchev–Trinajstić information content (AvgIpc) is 2.82. The molecule has 0 fully saturated rings. The van der Waals surface area contributed by atoms with E-state index in [1.165, 1.54) is 25.4 Å². The van der Waals surface area contributed by atoms with Crippen LogP contribution in [0.1, 0.15) is 36.8 Å². The van der Waals surface area contributed by atoms with Gasteiger partial charge in [0.1, 0.15) is 11.4 Å². The van der Waals surface area contributed by atoms with E-state index in [1.807, 2.05) is 0 Å². The number of thiol groups is 1. The van der Waals surface area contributed by atoms with Gasteiger partial charge in [0.25, 0.3) is 5.91 Å². The standard InChI is InChI=1S/C24H27N5O6S/c1-24(2,3)35-23(31)27-12-15-6-5-7-17(20(15)34-4)29-22(30)19-21(25)26-13-18(28-19)14-8-10-16(11-9-14)36(32)33/h5-11,13,36H,12H2,1-4H3,(H2,25,26)(H,27,31)(H,29,30). The minimum absolute atomic E-state index is 0.0859. The molecule has 0 bridgehead atoms. The molecule has 4 N–H and O–H groups in total. The van der Waals surface area contributed by atoms with Crippen molar-refractivity contribution < 1.29 is 27.5 Å². The second-order valence-corrected chi connectivity index (χ2v) is 9.63. The zero-order valence-corrected chi connectivity index (χ0v) is 21.1. The topological polar surface area (TPSA) is 163 Å². The summed E-state index contributed by atoms with van der Waals surface area (Å²) in [5.41, 5.74) is 6.98. The number of anilines is 2. The van der Waals surface area contributed by atoms with Crippen LogP contribution in [-0.2, 0) is 22.0 Å². The van der Waals surface area contributed by atoms with Crippen LogP contribution in [0.3, 0.4) is 0 Å². The number of hydrogen-bond acceptors (Lipinski definition) is 9. The van der Waals surface area contributed by atoms with Crippen LogP contribution in [0.25, 0.3) is 11.3 Å². The third-order valence-electron chi connectivity index (χ3n) is 4.76. The Balaban J connectivity index is 1.82. The molecule has 3 rings (SSSR count). The number of nitrogens with one attached hydrogen (secondary N) is 2. The van der Waals surface area contributed by atoms with E-state index in [0.29, 0.717) is 28.3 Å². The van der Waals surface area contributed by atoms with E-state index >= 15 is 0 Å². The molecule has 1 aromatic heterocycles. The molecule has 0 radical (unpaired) electrons. The Morgan fingerprint density at radius 2 is 1.78 bits per heavy atom. The summed E-state index contributed by atoms with van der Waals surface area (Å²) in [7, 11) is -1.27. The largest absolute Gasteiger partial charge is 0.494 e. The fourth-order valence-corrected chi connectivity index (χ4v) is 3.58. The van der Waals surface area contributed by atoms with Gasteiger partial charge in [-0.25, -0.2) is 23.2 Å². The van der Waals surface area contributed by atoms with Gasteiger partial charge in [0.2, 0.25) is 0 Å². The Morgan fingerprint density at radius 3 is 2.39 bits per heavy atom. The summed E-state index contributed by atoms with van der Waals surface area (Å²) in [6.45, 7) is 5.38. The van der Waals surface area contributed by atoms with Gasteiger partial charge < -0.3 is 25.8 Å². The van der Waals surface area contributed by atoms with E-state index in [-0.39, 0.29) is 23.0 Å². The second kappa shape index (κ2) is 11.0. The van der Waals surface area contributed by atoms with Crippen LogP contribution >= 0.6 is 0 Å². The molecular formula is C24H27N5O6S. The number of nitrogen functional groups attached to an aromatic ring is 1. The van der Waals surface area contributed by atoms with Crippen molar-refractivity contribution in [2.24, 2.45) is 0 Å². The van der Waals surface area contributed by atoms with E-state index < -0.39 is 28.3 Å². The Kier molecular flexibility index (Phi) is 8.10. The number of hydrogen-bond donors (Lipinski definition) is 4. The van der Waals surface area contributed by atoms with Crippen molar-refractivity contribution in [1.82, 2.24) is 15.3 Å². The lowest BCUT2D eigenvalue weighted by molar-refractivity contribution is 0.0523. The molecule has 3 aromatic rings. The molecule has 0 saturated heterocycles.